The number of phenols is 1. The number of hydrogen-bond donors (Lipinski definition) is 4. The van der Waals surface area contributed by atoms with Gasteiger partial charge in [-0.1, -0.05) is 12.1 Å². The molecule has 15 nitrogen and oxygen atoms in total. The first-order chi connectivity index (χ1) is 22.1. The summed E-state index contributed by atoms with van der Waals surface area (Å²) in [6.07, 6.45) is 0.938. The number of amides is 3. The quantitative estimate of drug-likeness (QED) is 0.0863. The number of phenolic OH excluding ortho intramolecular Hbond substituents is 1. The number of aromatic hydroxyl groups is 1. The number of ether oxygens (including phenoxy) is 6. The zero-order valence-corrected chi connectivity index (χ0v) is 27.0. The molecule has 0 aliphatic carbocycles. The molecule has 2 atom stereocenters. The maximum absolute atomic E-state index is 12.7. The highest BCUT2D eigenvalue weighted by molar-refractivity contribution is 5.92. The molecule has 15 heteroatoms. The highest BCUT2D eigenvalue weighted by Gasteiger charge is 2.24. The van der Waals surface area contributed by atoms with Gasteiger partial charge in [0.25, 0.3) is 0 Å². The monoisotopic (exact) mass is 655 g/mol. The molecule has 4 N–H and O–H groups in total. The predicted octanol–water partition coefficient (Wildman–Crippen LogP) is -0.292. The van der Waals surface area contributed by atoms with Gasteiger partial charge in [0, 0.05) is 33.1 Å². The number of Topliss-reactive ketones (excluding diaryl/α,β-unsaturated/α-hetero) is 2. The Morgan fingerprint density at radius 1 is 0.739 bits per heavy atom. The van der Waals surface area contributed by atoms with Crippen LogP contribution in [-0.2, 0) is 58.8 Å². The number of hydrogen-bond acceptors (Lipinski definition) is 12. The lowest BCUT2D eigenvalue weighted by Gasteiger charge is -2.20. The molecule has 0 radical (unpaired) electrons. The molecule has 3 amide bonds. The minimum Gasteiger partial charge on any atom is -0.508 e. The summed E-state index contributed by atoms with van der Waals surface area (Å²) in [4.78, 5) is 60.2. The van der Waals surface area contributed by atoms with Gasteiger partial charge >= 0.3 is 0 Å². The molecule has 0 aliphatic rings. The molecule has 0 saturated carbocycles. The first kappa shape index (κ1) is 40.6. The van der Waals surface area contributed by atoms with E-state index in [2.05, 4.69) is 16.0 Å². The molecule has 0 aromatic heterocycles. The van der Waals surface area contributed by atoms with Crippen LogP contribution in [0.5, 0.6) is 5.75 Å². The summed E-state index contributed by atoms with van der Waals surface area (Å²) in [5.41, 5.74) is 0.706. The minimum absolute atomic E-state index is 0.0312. The predicted molar refractivity (Wildman–Crippen MR) is 165 cm³/mol. The standard InChI is InChI=1S/C31H49N3O12/c1-23(24(2)35)33-31(40)28(19-25-6-8-26(36)9-7-25)34-30(39)22-46-18-15-42-11-4-5-27(37)20-44-17-16-43-12-10-32-29(38)21-45-14-13-41-3/h6-9,23,28,36H,4-5,10-22H2,1-3H3,(H,32,38)(H,33,40)(H,34,39)/t23-,28+/m1/s1. The van der Waals surface area contributed by atoms with E-state index in [0.29, 0.717) is 51.6 Å². The summed E-state index contributed by atoms with van der Waals surface area (Å²) in [6.45, 7) is 5.19. The molecule has 1 rings (SSSR count). The topological polar surface area (TPSA) is 197 Å². The van der Waals surface area contributed by atoms with Crippen LogP contribution in [-0.4, -0.2) is 133 Å². The molecular weight excluding hydrogens is 606 g/mol. The van der Waals surface area contributed by atoms with Crippen molar-refractivity contribution in [2.75, 3.05) is 86.3 Å². The maximum Gasteiger partial charge on any atom is 0.246 e. The second-order valence-electron chi connectivity index (χ2n) is 10.2. The number of carbonyl (C=O) groups excluding carboxylic acids is 5. The Morgan fingerprint density at radius 3 is 1.98 bits per heavy atom. The van der Waals surface area contributed by atoms with Gasteiger partial charge in [-0.2, -0.15) is 0 Å². The fourth-order valence-electron chi connectivity index (χ4n) is 3.58. The summed E-state index contributed by atoms with van der Waals surface area (Å²) in [6, 6.07) is 4.57. The van der Waals surface area contributed by atoms with Crippen molar-refractivity contribution in [1.29, 1.82) is 0 Å². The van der Waals surface area contributed by atoms with Crippen molar-refractivity contribution >= 4 is 29.3 Å². The summed E-state index contributed by atoms with van der Waals surface area (Å²) in [7, 11) is 1.55. The van der Waals surface area contributed by atoms with E-state index < -0.39 is 23.9 Å². The average Bonchev–Trinajstić information content (AvgIpc) is 3.02. The molecule has 260 valence electrons. The van der Waals surface area contributed by atoms with Gasteiger partial charge in [0.05, 0.1) is 52.3 Å². The molecule has 0 fully saturated rings. The van der Waals surface area contributed by atoms with Crippen LogP contribution in [0, 0.1) is 0 Å². The summed E-state index contributed by atoms with van der Waals surface area (Å²) >= 11 is 0. The fraction of sp³-hybridized carbons (Fsp3) is 0.645. The van der Waals surface area contributed by atoms with Gasteiger partial charge in [-0.25, -0.2) is 0 Å². The third kappa shape index (κ3) is 21.3. The highest BCUT2D eigenvalue weighted by atomic mass is 16.5. The molecule has 1 aromatic carbocycles. The molecule has 46 heavy (non-hydrogen) atoms. The first-order valence-corrected chi connectivity index (χ1v) is 15.2. The van der Waals surface area contributed by atoms with E-state index in [0.717, 1.165) is 0 Å². The Bertz CT molecular complexity index is 1040. The van der Waals surface area contributed by atoms with E-state index in [-0.39, 0.29) is 75.7 Å². The molecule has 0 heterocycles. The first-order valence-electron chi connectivity index (χ1n) is 15.2. The fourth-order valence-corrected chi connectivity index (χ4v) is 3.58. The van der Waals surface area contributed by atoms with Crippen LogP contribution in [0.4, 0.5) is 0 Å². The number of rotatable bonds is 28. The lowest BCUT2D eigenvalue weighted by molar-refractivity contribution is -0.133. The Hall–Kier alpha value is -3.47. The number of ketones is 2. The number of nitrogens with one attached hydrogen (secondary N) is 3. The zero-order chi connectivity index (χ0) is 34.0. The summed E-state index contributed by atoms with van der Waals surface area (Å²) < 4.78 is 31.3. The second-order valence-corrected chi connectivity index (χ2v) is 10.2. The molecule has 0 unspecified atom stereocenters. The largest absolute Gasteiger partial charge is 0.508 e. The van der Waals surface area contributed by atoms with Crippen LogP contribution >= 0.6 is 0 Å². The molecule has 0 bridgehead atoms. The molecule has 0 aliphatic heterocycles. The third-order valence-corrected chi connectivity index (χ3v) is 6.21. The number of benzene rings is 1. The van der Waals surface area contributed by atoms with E-state index in [1.165, 1.54) is 19.1 Å². The lowest BCUT2D eigenvalue weighted by atomic mass is 10.0. The normalized spacial score (nSPS) is 12.2. The SMILES string of the molecule is COCCOCC(=O)NCCOCCOCC(=O)CCCOCCOCC(=O)N[C@@H](Cc1ccc(O)cc1)C(=O)N[C@H](C)C(C)=O. The minimum atomic E-state index is -0.954. The van der Waals surface area contributed by atoms with Gasteiger partial charge < -0.3 is 49.5 Å². The Morgan fingerprint density at radius 2 is 1.33 bits per heavy atom. The van der Waals surface area contributed by atoms with E-state index >= 15 is 0 Å². The van der Waals surface area contributed by atoms with Crippen molar-refractivity contribution in [3.63, 3.8) is 0 Å². The van der Waals surface area contributed by atoms with Crippen molar-refractivity contribution in [3.05, 3.63) is 29.8 Å². The number of carbonyl (C=O) groups is 5. The van der Waals surface area contributed by atoms with Gasteiger partial charge in [0.1, 0.15) is 31.6 Å². The van der Waals surface area contributed by atoms with Gasteiger partial charge in [0.2, 0.25) is 17.7 Å². The van der Waals surface area contributed by atoms with Gasteiger partial charge in [-0.15, -0.1) is 0 Å². The van der Waals surface area contributed by atoms with Crippen molar-refractivity contribution in [2.45, 2.75) is 45.2 Å². The van der Waals surface area contributed by atoms with Crippen molar-refractivity contribution in [1.82, 2.24) is 16.0 Å². The Balaban J connectivity index is 2.10. The van der Waals surface area contributed by atoms with Gasteiger partial charge in [0.15, 0.2) is 11.6 Å². The van der Waals surface area contributed by atoms with Gasteiger partial charge in [-0.3, -0.25) is 24.0 Å². The average molecular weight is 656 g/mol. The van der Waals surface area contributed by atoms with Crippen molar-refractivity contribution < 1.29 is 57.5 Å². The molecule has 0 saturated heterocycles. The van der Waals surface area contributed by atoms with Crippen molar-refractivity contribution in [3.8, 4) is 5.75 Å². The van der Waals surface area contributed by atoms with Crippen LogP contribution in [0.3, 0.4) is 0 Å². The zero-order valence-electron chi connectivity index (χ0n) is 27.0. The van der Waals surface area contributed by atoms with E-state index in [4.69, 9.17) is 28.4 Å². The van der Waals surface area contributed by atoms with Gasteiger partial charge in [-0.05, 0) is 38.0 Å². The van der Waals surface area contributed by atoms with Crippen LogP contribution < -0.4 is 16.0 Å². The van der Waals surface area contributed by atoms with Crippen molar-refractivity contribution in [2.24, 2.45) is 0 Å². The van der Waals surface area contributed by atoms with Crippen LogP contribution in [0.1, 0.15) is 32.3 Å². The van der Waals surface area contributed by atoms with E-state index in [1.54, 1.807) is 26.2 Å². The maximum atomic E-state index is 12.7. The summed E-state index contributed by atoms with van der Waals surface area (Å²) in [5, 5.41) is 17.4. The summed E-state index contributed by atoms with van der Waals surface area (Å²) in [5.74, 6) is -1.48. The van der Waals surface area contributed by atoms with Crippen LogP contribution in [0.25, 0.3) is 0 Å². The second kappa shape index (κ2) is 25.7. The molecule has 1 aromatic rings. The van der Waals surface area contributed by atoms with E-state index in [9.17, 15) is 29.1 Å². The smallest absolute Gasteiger partial charge is 0.246 e. The third-order valence-electron chi connectivity index (χ3n) is 6.21. The van der Waals surface area contributed by atoms with Crippen LogP contribution in [0.2, 0.25) is 0 Å². The Kier molecular flexibility index (Phi) is 22.6. The Labute approximate surface area is 269 Å². The molecular formula is C31H49N3O12. The van der Waals surface area contributed by atoms with Crippen LogP contribution in [0.15, 0.2) is 24.3 Å². The lowest BCUT2D eigenvalue weighted by Crippen LogP contribution is -2.52. The van der Waals surface area contributed by atoms with E-state index in [1.807, 2.05) is 0 Å². The molecule has 0 spiro atoms. The highest BCUT2D eigenvalue weighted by Crippen LogP contribution is 2.11. The number of methoxy groups -OCH3 is 1.